The minimum Gasteiger partial charge on any atom is -0.494 e. The summed E-state index contributed by atoms with van der Waals surface area (Å²) in [5.41, 5.74) is 0.495. The third-order valence-corrected chi connectivity index (χ3v) is 6.22. The van der Waals surface area contributed by atoms with Crippen LogP contribution in [0.4, 0.5) is 5.69 Å². The van der Waals surface area contributed by atoms with E-state index in [9.17, 15) is 8.42 Å². The fraction of sp³-hybridized carbons (Fsp3) is 0.312. The van der Waals surface area contributed by atoms with Crippen LogP contribution in [0.1, 0.15) is 18.7 Å². The molecule has 0 spiro atoms. The number of methoxy groups -OCH3 is 1. The summed E-state index contributed by atoms with van der Waals surface area (Å²) in [6, 6.07) is 8.62. The normalized spacial score (nSPS) is 12.2. The van der Waals surface area contributed by atoms with Crippen LogP contribution in [-0.2, 0) is 10.0 Å². The first-order chi connectivity index (χ1) is 11.0. The summed E-state index contributed by atoms with van der Waals surface area (Å²) < 4.78 is 31.9. The number of ether oxygens (including phenoxy) is 1. The lowest BCUT2D eigenvalue weighted by atomic mass is 10.3. The Kier molecular flexibility index (Phi) is 5.92. The minimum absolute atomic E-state index is 0.223. The van der Waals surface area contributed by atoms with Crippen LogP contribution >= 0.6 is 11.3 Å². The molecule has 1 heterocycles. The number of thiophene rings is 1. The monoisotopic (exact) mass is 352 g/mol. The number of benzene rings is 1. The van der Waals surface area contributed by atoms with Crippen molar-refractivity contribution in [3.05, 3.63) is 40.6 Å². The molecule has 0 aliphatic heterocycles. The van der Waals surface area contributed by atoms with E-state index in [1.165, 1.54) is 11.4 Å². The molecule has 2 aromatic rings. The molecule has 0 bridgehead atoms. The van der Waals surface area contributed by atoms with Crippen LogP contribution in [0.15, 0.2) is 45.6 Å². The second kappa shape index (κ2) is 7.72. The smallest absolute Gasteiger partial charge is 0.243 e. The predicted molar refractivity (Wildman–Crippen MR) is 94.7 cm³/mol. The Morgan fingerprint density at radius 3 is 2.57 bits per heavy atom. The van der Waals surface area contributed by atoms with Gasteiger partial charge < -0.3 is 4.74 Å². The zero-order chi connectivity index (χ0) is 16.9. The van der Waals surface area contributed by atoms with Crippen molar-refractivity contribution in [3.8, 4) is 5.75 Å². The lowest BCUT2D eigenvalue weighted by molar-refractivity contribution is 0.415. The Morgan fingerprint density at radius 1 is 1.26 bits per heavy atom. The van der Waals surface area contributed by atoms with E-state index >= 15 is 0 Å². The number of nitrogens with zero attached hydrogens (tertiary/aromatic N) is 2. The Labute approximate surface area is 141 Å². The van der Waals surface area contributed by atoms with Gasteiger partial charge in [-0.3, -0.25) is 4.99 Å². The van der Waals surface area contributed by atoms with Gasteiger partial charge in [0.05, 0.1) is 12.0 Å². The van der Waals surface area contributed by atoms with Crippen LogP contribution < -0.4 is 4.74 Å². The van der Waals surface area contributed by atoms with Crippen molar-refractivity contribution in [3.63, 3.8) is 0 Å². The highest BCUT2D eigenvalue weighted by Crippen LogP contribution is 2.31. The SMILES string of the molecule is CCN(CC)S(=O)(=O)c1ccc(OC)c(N=Cc2cccs2)c1. The summed E-state index contributed by atoms with van der Waals surface area (Å²) in [5, 5.41) is 1.96. The number of hydrogen-bond acceptors (Lipinski definition) is 5. The maximum atomic E-state index is 12.6. The zero-order valence-electron chi connectivity index (χ0n) is 13.4. The molecule has 1 aromatic heterocycles. The third-order valence-electron chi connectivity index (χ3n) is 3.37. The molecule has 0 aliphatic rings. The molecule has 5 nitrogen and oxygen atoms in total. The van der Waals surface area contributed by atoms with E-state index < -0.39 is 10.0 Å². The Morgan fingerprint density at radius 2 is 2.00 bits per heavy atom. The zero-order valence-corrected chi connectivity index (χ0v) is 15.0. The number of sulfonamides is 1. The maximum absolute atomic E-state index is 12.6. The van der Waals surface area contributed by atoms with Crippen molar-refractivity contribution in [2.45, 2.75) is 18.7 Å². The molecule has 0 saturated heterocycles. The molecule has 0 N–H and O–H groups in total. The van der Waals surface area contributed by atoms with Gasteiger partial charge >= 0.3 is 0 Å². The van der Waals surface area contributed by atoms with Crippen molar-refractivity contribution >= 4 is 33.3 Å². The predicted octanol–water partition coefficient (Wildman–Crippen LogP) is 3.54. The van der Waals surface area contributed by atoms with Crippen molar-refractivity contribution in [1.29, 1.82) is 0 Å². The summed E-state index contributed by atoms with van der Waals surface area (Å²) in [6.45, 7) is 4.50. The van der Waals surface area contributed by atoms with Gasteiger partial charge in [0.15, 0.2) is 0 Å². The summed E-state index contributed by atoms with van der Waals surface area (Å²) in [5.74, 6) is 0.538. The van der Waals surface area contributed by atoms with Crippen molar-refractivity contribution < 1.29 is 13.2 Å². The fourth-order valence-electron chi connectivity index (χ4n) is 2.14. The van der Waals surface area contributed by atoms with Gasteiger partial charge in [-0.25, -0.2) is 8.42 Å². The van der Waals surface area contributed by atoms with Crippen LogP contribution in [0.2, 0.25) is 0 Å². The van der Waals surface area contributed by atoms with Crippen molar-refractivity contribution in [2.24, 2.45) is 4.99 Å². The Balaban J connectivity index is 2.43. The van der Waals surface area contributed by atoms with Gasteiger partial charge in [0.1, 0.15) is 11.4 Å². The second-order valence-electron chi connectivity index (χ2n) is 4.70. The molecule has 2 rings (SSSR count). The topological polar surface area (TPSA) is 59.0 Å². The van der Waals surface area contributed by atoms with E-state index in [-0.39, 0.29) is 4.90 Å². The molecule has 0 aliphatic carbocycles. The van der Waals surface area contributed by atoms with E-state index in [0.717, 1.165) is 4.88 Å². The van der Waals surface area contributed by atoms with Crippen LogP contribution in [0, 0.1) is 0 Å². The molecule has 0 atom stereocenters. The number of rotatable bonds is 7. The molecule has 1 aromatic carbocycles. The average Bonchev–Trinajstić information content (AvgIpc) is 3.07. The highest BCUT2D eigenvalue weighted by Gasteiger charge is 2.22. The summed E-state index contributed by atoms with van der Waals surface area (Å²) in [4.78, 5) is 5.59. The van der Waals surface area contributed by atoms with E-state index in [1.54, 1.807) is 35.8 Å². The highest BCUT2D eigenvalue weighted by molar-refractivity contribution is 7.89. The van der Waals surface area contributed by atoms with E-state index in [1.807, 2.05) is 31.4 Å². The van der Waals surface area contributed by atoms with E-state index in [2.05, 4.69) is 4.99 Å². The van der Waals surface area contributed by atoms with Gasteiger partial charge in [0.25, 0.3) is 0 Å². The van der Waals surface area contributed by atoms with E-state index in [0.29, 0.717) is 24.5 Å². The molecule has 7 heteroatoms. The maximum Gasteiger partial charge on any atom is 0.243 e. The van der Waals surface area contributed by atoms with Gasteiger partial charge in [-0.15, -0.1) is 11.3 Å². The standard InChI is InChI=1S/C16H20N2O3S2/c1-4-18(5-2)23(19,20)14-8-9-16(21-3)15(11-14)17-12-13-7-6-10-22-13/h6-12H,4-5H2,1-3H3. The fourth-order valence-corrected chi connectivity index (χ4v) is 4.21. The molecule has 124 valence electrons. The first kappa shape index (κ1) is 17.7. The van der Waals surface area contributed by atoms with Gasteiger partial charge in [-0.2, -0.15) is 4.31 Å². The van der Waals surface area contributed by atoms with Crippen LogP contribution in [0.3, 0.4) is 0 Å². The van der Waals surface area contributed by atoms with Crippen LogP contribution in [-0.4, -0.2) is 39.1 Å². The second-order valence-corrected chi connectivity index (χ2v) is 7.61. The van der Waals surface area contributed by atoms with Gasteiger partial charge in [-0.1, -0.05) is 19.9 Å². The van der Waals surface area contributed by atoms with Gasteiger partial charge in [0, 0.05) is 24.2 Å². The molecule has 0 fully saturated rings. The molecule has 0 radical (unpaired) electrons. The summed E-state index contributed by atoms with van der Waals surface area (Å²) in [6.07, 6.45) is 1.70. The minimum atomic E-state index is -3.51. The largest absolute Gasteiger partial charge is 0.494 e. The lowest BCUT2D eigenvalue weighted by Crippen LogP contribution is -2.30. The lowest BCUT2D eigenvalue weighted by Gasteiger charge is -2.19. The summed E-state index contributed by atoms with van der Waals surface area (Å²) in [7, 11) is -1.97. The van der Waals surface area contributed by atoms with Gasteiger partial charge in [-0.05, 0) is 29.6 Å². The number of hydrogen-bond donors (Lipinski definition) is 0. The van der Waals surface area contributed by atoms with Crippen LogP contribution in [0.5, 0.6) is 5.75 Å². The molecule has 0 amide bonds. The average molecular weight is 352 g/mol. The Bertz CT molecular complexity index is 765. The van der Waals surface area contributed by atoms with Crippen molar-refractivity contribution in [2.75, 3.05) is 20.2 Å². The Hall–Kier alpha value is -1.70. The highest BCUT2D eigenvalue weighted by atomic mass is 32.2. The molecule has 0 saturated carbocycles. The summed E-state index contributed by atoms with van der Waals surface area (Å²) >= 11 is 1.56. The van der Waals surface area contributed by atoms with Crippen molar-refractivity contribution in [1.82, 2.24) is 4.31 Å². The molecular weight excluding hydrogens is 332 g/mol. The van der Waals surface area contributed by atoms with Crippen LogP contribution in [0.25, 0.3) is 0 Å². The first-order valence-corrected chi connectivity index (χ1v) is 9.60. The first-order valence-electron chi connectivity index (χ1n) is 7.28. The molecular formula is C16H20N2O3S2. The number of aliphatic imine (C=N–C) groups is 1. The molecule has 23 heavy (non-hydrogen) atoms. The quantitative estimate of drug-likeness (QED) is 0.716. The molecule has 0 unspecified atom stereocenters. The third kappa shape index (κ3) is 3.99. The van der Waals surface area contributed by atoms with Gasteiger partial charge in [0.2, 0.25) is 10.0 Å². The van der Waals surface area contributed by atoms with E-state index in [4.69, 9.17) is 4.74 Å².